The predicted molar refractivity (Wildman–Crippen MR) is 105 cm³/mol. The van der Waals surface area contributed by atoms with Gasteiger partial charge in [0.15, 0.2) is 0 Å². The highest BCUT2D eigenvalue weighted by Gasteiger charge is 2.17. The molecule has 7 heteroatoms. The van der Waals surface area contributed by atoms with Crippen molar-refractivity contribution in [2.45, 2.75) is 26.3 Å². The quantitative estimate of drug-likeness (QED) is 0.661. The number of carbonyl (C=O) groups is 1. The highest BCUT2D eigenvalue weighted by atomic mass is 32.1. The topological polar surface area (TPSA) is 65.1 Å². The zero-order valence-electron chi connectivity index (χ0n) is 15.5. The fourth-order valence-electron chi connectivity index (χ4n) is 2.74. The summed E-state index contributed by atoms with van der Waals surface area (Å²) in [7, 11) is 4.03. The van der Waals surface area contributed by atoms with E-state index >= 15 is 0 Å². The molecule has 0 atom stereocenters. The van der Waals surface area contributed by atoms with Gasteiger partial charge in [0.1, 0.15) is 0 Å². The van der Waals surface area contributed by atoms with Crippen LogP contribution in [-0.2, 0) is 17.8 Å². The second kappa shape index (κ2) is 8.42. The number of nitrogens with zero attached hydrogens (tertiary/aromatic N) is 4. The number of aryl methyl sites for hydroxylation is 2. The lowest BCUT2D eigenvalue weighted by Crippen LogP contribution is -2.36. The first kappa shape index (κ1) is 18.5. The van der Waals surface area contributed by atoms with Crippen LogP contribution in [0.1, 0.15) is 22.8 Å². The number of aromatic nitrogens is 3. The predicted octanol–water partition coefficient (Wildman–Crippen LogP) is 2.85. The fraction of sp³-hybridized carbons (Fsp3) is 0.421. The van der Waals surface area contributed by atoms with Gasteiger partial charge in [0, 0.05) is 31.6 Å². The Kier molecular flexibility index (Phi) is 6.00. The molecule has 0 radical (unpaired) electrons. The van der Waals surface area contributed by atoms with Gasteiger partial charge in [-0.15, -0.1) is 11.3 Å². The van der Waals surface area contributed by atoms with Crippen LogP contribution in [0.3, 0.4) is 0 Å². The Labute approximate surface area is 157 Å². The van der Waals surface area contributed by atoms with Gasteiger partial charge in [0.25, 0.3) is 0 Å². The third kappa shape index (κ3) is 4.68. The Morgan fingerprint density at radius 1 is 1.23 bits per heavy atom. The van der Waals surface area contributed by atoms with Gasteiger partial charge in [-0.3, -0.25) is 4.79 Å². The molecule has 0 aliphatic heterocycles. The first-order chi connectivity index (χ1) is 12.5. The molecule has 1 N–H and O–H groups in total. The second-order valence-electron chi connectivity index (χ2n) is 6.67. The van der Waals surface area contributed by atoms with Crippen molar-refractivity contribution in [2.24, 2.45) is 0 Å². The standard InChI is InChI=1S/C19H25N5OS/c1-14-16(21-13-20-14)12-24(11-10-23(2)3)19(25)9-8-18-22-15-6-4-5-7-17(15)26-18/h4-7,13H,8-12H2,1-3H3,(H,20,21). The molecule has 138 valence electrons. The molecule has 0 fully saturated rings. The highest BCUT2D eigenvalue weighted by molar-refractivity contribution is 7.18. The molecule has 0 bridgehead atoms. The molecule has 1 aromatic carbocycles. The lowest BCUT2D eigenvalue weighted by atomic mass is 10.2. The summed E-state index contributed by atoms with van der Waals surface area (Å²) in [5.41, 5.74) is 2.95. The van der Waals surface area contributed by atoms with Gasteiger partial charge in [-0.2, -0.15) is 0 Å². The number of hydrogen-bond donors (Lipinski definition) is 1. The summed E-state index contributed by atoms with van der Waals surface area (Å²) >= 11 is 1.67. The number of amides is 1. The normalized spacial score (nSPS) is 11.4. The van der Waals surface area contributed by atoms with Gasteiger partial charge in [0.05, 0.1) is 33.8 Å². The fourth-order valence-corrected chi connectivity index (χ4v) is 3.71. The molecule has 0 saturated carbocycles. The molecule has 26 heavy (non-hydrogen) atoms. The Bertz CT molecular complexity index is 837. The van der Waals surface area contributed by atoms with Crippen LogP contribution >= 0.6 is 11.3 Å². The highest BCUT2D eigenvalue weighted by Crippen LogP contribution is 2.22. The van der Waals surface area contributed by atoms with Crippen LogP contribution in [0.5, 0.6) is 0 Å². The molecule has 2 heterocycles. The maximum absolute atomic E-state index is 12.8. The number of benzene rings is 1. The summed E-state index contributed by atoms with van der Waals surface area (Å²) in [6.07, 6.45) is 2.83. The van der Waals surface area contributed by atoms with E-state index in [0.29, 0.717) is 25.9 Å². The number of carbonyl (C=O) groups excluding carboxylic acids is 1. The number of imidazole rings is 1. The van der Waals surface area contributed by atoms with Gasteiger partial charge in [-0.05, 0) is 33.2 Å². The number of aromatic amines is 1. The molecule has 0 aliphatic carbocycles. The SMILES string of the molecule is Cc1[nH]cnc1CN(CCN(C)C)C(=O)CCc1nc2ccccc2s1. The average molecular weight is 372 g/mol. The van der Waals surface area contributed by atoms with Crippen LogP contribution in [0.4, 0.5) is 0 Å². The molecule has 0 unspecified atom stereocenters. The number of fused-ring (bicyclic) bond motifs is 1. The molecular weight excluding hydrogens is 346 g/mol. The van der Waals surface area contributed by atoms with Crippen LogP contribution in [-0.4, -0.2) is 57.8 Å². The minimum Gasteiger partial charge on any atom is -0.348 e. The molecule has 1 amide bonds. The molecule has 3 rings (SSSR count). The molecule has 0 saturated heterocycles. The maximum atomic E-state index is 12.8. The minimum absolute atomic E-state index is 0.147. The van der Waals surface area contributed by atoms with Crippen molar-refractivity contribution in [3.8, 4) is 0 Å². The number of para-hydroxylation sites is 1. The largest absolute Gasteiger partial charge is 0.348 e. The van der Waals surface area contributed by atoms with E-state index in [2.05, 4.69) is 25.9 Å². The van der Waals surface area contributed by atoms with E-state index in [1.807, 2.05) is 44.1 Å². The number of H-pyrrole nitrogens is 1. The maximum Gasteiger partial charge on any atom is 0.223 e. The second-order valence-corrected chi connectivity index (χ2v) is 7.78. The zero-order chi connectivity index (χ0) is 18.5. The minimum atomic E-state index is 0.147. The van der Waals surface area contributed by atoms with E-state index in [4.69, 9.17) is 0 Å². The number of nitrogens with one attached hydrogen (secondary N) is 1. The van der Waals surface area contributed by atoms with Crippen molar-refractivity contribution in [3.05, 3.63) is 47.0 Å². The molecule has 6 nitrogen and oxygen atoms in total. The van der Waals surface area contributed by atoms with E-state index in [1.54, 1.807) is 17.7 Å². The summed E-state index contributed by atoms with van der Waals surface area (Å²) in [6.45, 7) is 4.05. The van der Waals surface area contributed by atoms with Gasteiger partial charge >= 0.3 is 0 Å². The van der Waals surface area contributed by atoms with Crippen molar-refractivity contribution in [1.29, 1.82) is 0 Å². The van der Waals surface area contributed by atoms with Crippen LogP contribution in [0, 0.1) is 6.92 Å². The van der Waals surface area contributed by atoms with E-state index in [0.717, 1.165) is 28.5 Å². The first-order valence-corrected chi connectivity index (χ1v) is 9.60. The lowest BCUT2D eigenvalue weighted by molar-refractivity contribution is -0.132. The van der Waals surface area contributed by atoms with Gasteiger partial charge < -0.3 is 14.8 Å². The van der Waals surface area contributed by atoms with E-state index in [9.17, 15) is 4.79 Å². The van der Waals surface area contributed by atoms with Crippen molar-refractivity contribution in [3.63, 3.8) is 0 Å². The summed E-state index contributed by atoms with van der Waals surface area (Å²) in [6, 6.07) is 8.10. The number of rotatable bonds is 8. The van der Waals surface area contributed by atoms with Crippen molar-refractivity contribution in [1.82, 2.24) is 24.8 Å². The first-order valence-electron chi connectivity index (χ1n) is 8.78. The van der Waals surface area contributed by atoms with Crippen LogP contribution in [0.15, 0.2) is 30.6 Å². The van der Waals surface area contributed by atoms with E-state index in [1.165, 1.54) is 4.70 Å². The Morgan fingerprint density at radius 2 is 2.04 bits per heavy atom. The van der Waals surface area contributed by atoms with Gasteiger partial charge in [-0.25, -0.2) is 9.97 Å². The smallest absolute Gasteiger partial charge is 0.223 e. The number of likely N-dealkylation sites (N-methyl/N-ethyl adjacent to an activating group) is 1. The van der Waals surface area contributed by atoms with Crippen molar-refractivity contribution >= 4 is 27.5 Å². The number of hydrogen-bond acceptors (Lipinski definition) is 5. The summed E-state index contributed by atoms with van der Waals surface area (Å²) in [5.74, 6) is 0.147. The third-order valence-corrected chi connectivity index (χ3v) is 5.43. The average Bonchev–Trinajstić information content (AvgIpc) is 3.21. The zero-order valence-corrected chi connectivity index (χ0v) is 16.3. The van der Waals surface area contributed by atoms with Crippen molar-refractivity contribution < 1.29 is 4.79 Å². The van der Waals surface area contributed by atoms with Gasteiger partial charge in [0.2, 0.25) is 5.91 Å². The molecule has 2 aromatic heterocycles. The van der Waals surface area contributed by atoms with Crippen LogP contribution in [0.2, 0.25) is 0 Å². The summed E-state index contributed by atoms with van der Waals surface area (Å²) in [4.78, 5) is 28.9. The van der Waals surface area contributed by atoms with Crippen LogP contribution in [0.25, 0.3) is 10.2 Å². The number of thiazole rings is 1. The third-order valence-electron chi connectivity index (χ3n) is 4.34. The molecule has 0 spiro atoms. The molecule has 0 aliphatic rings. The van der Waals surface area contributed by atoms with Crippen LogP contribution < -0.4 is 0 Å². The Balaban J connectivity index is 1.64. The van der Waals surface area contributed by atoms with Gasteiger partial charge in [-0.1, -0.05) is 12.1 Å². The molecule has 3 aromatic rings. The Morgan fingerprint density at radius 3 is 2.73 bits per heavy atom. The lowest BCUT2D eigenvalue weighted by Gasteiger charge is -2.24. The summed E-state index contributed by atoms with van der Waals surface area (Å²) in [5, 5.41) is 1.02. The van der Waals surface area contributed by atoms with Crippen molar-refractivity contribution in [2.75, 3.05) is 27.2 Å². The molecular formula is C19H25N5OS. The van der Waals surface area contributed by atoms with E-state index < -0.39 is 0 Å². The summed E-state index contributed by atoms with van der Waals surface area (Å²) < 4.78 is 1.17. The Hall–Kier alpha value is -2.25. The van der Waals surface area contributed by atoms with E-state index in [-0.39, 0.29) is 5.91 Å². The monoisotopic (exact) mass is 371 g/mol.